The molecule has 0 saturated carbocycles. The van der Waals surface area contributed by atoms with Crippen LogP contribution in [0, 0.1) is 6.92 Å². The Morgan fingerprint density at radius 3 is 2.55 bits per heavy atom. The van der Waals surface area contributed by atoms with Crippen molar-refractivity contribution in [2.24, 2.45) is 5.73 Å². The molecule has 0 heterocycles. The Kier molecular flexibility index (Phi) is 4.64. The Bertz CT molecular complexity index is 581. The highest BCUT2D eigenvalue weighted by Crippen LogP contribution is 2.26. The van der Waals surface area contributed by atoms with Gasteiger partial charge < -0.3 is 15.2 Å². The molecule has 2 N–H and O–H groups in total. The van der Waals surface area contributed by atoms with E-state index in [1.165, 1.54) is 5.56 Å². The van der Waals surface area contributed by atoms with E-state index in [9.17, 15) is 0 Å². The second kappa shape index (κ2) is 6.44. The van der Waals surface area contributed by atoms with Crippen molar-refractivity contribution in [2.75, 3.05) is 14.2 Å². The quantitative estimate of drug-likeness (QED) is 0.908. The standard InChI is InChI=1S/C17H21NO2/c1-12-7-8-17(20-3)14(9-12)11-16(18)13-5-4-6-15(10-13)19-2/h4-10,16H,11,18H2,1-3H3. The van der Waals surface area contributed by atoms with Crippen LogP contribution >= 0.6 is 0 Å². The van der Waals surface area contributed by atoms with E-state index in [1.54, 1.807) is 14.2 Å². The van der Waals surface area contributed by atoms with Gasteiger partial charge in [-0.2, -0.15) is 0 Å². The topological polar surface area (TPSA) is 44.5 Å². The Morgan fingerprint density at radius 1 is 1.05 bits per heavy atom. The van der Waals surface area contributed by atoms with Gasteiger partial charge in [0, 0.05) is 6.04 Å². The van der Waals surface area contributed by atoms with Gasteiger partial charge in [0.2, 0.25) is 0 Å². The van der Waals surface area contributed by atoms with Crippen LogP contribution in [0.1, 0.15) is 22.7 Å². The van der Waals surface area contributed by atoms with Crippen LogP contribution < -0.4 is 15.2 Å². The predicted molar refractivity (Wildman–Crippen MR) is 81.4 cm³/mol. The van der Waals surface area contributed by atoms with E-state index in [4.69, 9.17) is 15.2 Å². The maximum atomic E-state index is 6.31. The molecule has 20 heavy (non-hydrogen) atoms. The Labute approximate surface area is 120 Å². The van der Waals surface area contributed by atoms with Gasteiger partial charge in [0.25, 0.3) is 0 Å². The van der Waals surface area contributed by atoms with E-state index in [-0.39, 0.29) is 6.04 Å². The number of ether oxygens (including phenoxy) is 2. The summed E-state index contributed by atoms with van der Waals surface area (Å²) in [6, 6.07) is 14.0. The lowest BCUT2D eigenvalue weighted by molar-refractivity contribution is 0.407. The maximum Gasteiger partial charge on any atom is 0.122 e. The summed E-state index contributed by atoms with van der Waals surface area (Å²) < 4.78 is 10.6. The minimum atomic E-state index is -0.0826. The molecule has 0 aliphatic heterocycles. The van der Waals surface area contributed by atoms with Gasteiger partial charge in [-0.25, -0.2) is 0 Å². The summed E-state index contributed by atoms with van der Waals surface area (Å²) in [4.78, 5) is 0. The molecule has 0 aliphatic rings. The Hall–Kier alpha value is -2.00. The molecule has 2 aromatic rings. The van der Waals surface area contributed by atoms with Crippen LogP contribution in [0.2, 0.25) is 0 Å². The zero-order valence-corrected chi connectivity index (χ0v) is 12.2. The lowest BCUT2D eigenvalue weighted by atomic mass is 9.98. The molecule has 0 spiro atoms. The summed E-state index contributed by atoms with van der Waals surface area (Å²) in [7, 11) is 3.35. The zero-order valence-electron chi connectivity index (χ0n) is 12.2. The third kappa shape index (κ3) is 3.31. The van der Waals surface area contributed by atoms with Crippen LogP contribution in [0.3, 0.4) is 0 Å². The molecule has 0 radical (unpaired) electrons. The fourth-order valence-corrected chi connectivity index (χ4v) is 2.29. The average Bonchev–Trinajstić information content (AvgIpc) is 2.47. The minimum absolute atomic E-state index is 0.0826. The Balaban J connectivity index is 2.22. The number of nitrogens with two attached hydrogens (primary N) is 1. The molecule has 0 fully saturated rings. The molecule has 1 atom stereocenters. The van der Waals surface area contributed by atoms with Crippen molar-refractivity contribution >= 4 is 0 Å². The number of hydrogen-bond donors (Lipinski definition) is 1. The van der Waals surface area contributed by atoms with Crippen LogP contribution in [-0.2, 0) is 6.42 Å². The molecule has 2 rings (SSSR count). The van der Waals surface area contributed by atoms with E-state index in [0.717, 1.165) is 29.0 Å². The molecule has 0 bridgehead atoms. The van der Waals surface area contributed by atoms with Crippen LogP contribution in [0.25, 0.3) is 0 Å². The highest BCUT2D eigenvalue weighted by Gasteiger charge is 2.11. The first kappa shape index (κ1) is 14.4. The molecule has 3 heteroatoms. The van der Waals surface area contributed by atoms with Gasteiger partial charge in [0.1, 0.15) is 11.5 Å². The lowest BCUT2D eigenvalue weighted by Gasteiger charge is -2.16. The fourth-order valence-electron chi connectivity index (χ4n) is 2.29. The third-order valence-corrected chi connectivity index (χ3v) is 3.40. The van der Waals surface area contributed by atoms with Crippen LogP contribution in [0.4, 0.5) is 0 Å². The first-order valence-corrected chi connectivity index (χ1v) is 6.67. The van der Waals surface area contributed by atoms with Gasteiger partial charge >= 0.3 is 0 Å². The normalized spacial score (nSPS) is 12.0. The molecule has 2 aromatic carbocycles. The van der Waals surface area contributed by atoms with Crippen LogP contribution in [-0.4, -0.2) is 14.2 Å². The highest BCUT2D eigenvalue weighted by molar-refractivity contribution is 5.39. The molecular weight excluding hydrogens is 250 g/mol. The van der Waals surface area contributed by atoms with Gasteiger partial charge in [0.15, 0.2) is 0 Å². The first-order chi connectivity index (χ1) is 9.63. The molecule has 0 aromatic heterocycles. The molecule has 3 nitrogen and oxygen atoms in total. The van der Waals surface area contributed by atoms with E-state index < -0.39 is 0 Å². The summed E-state index contributed by atoms with van der Waals surface area (Å²) in [5.41, 5.74) is 9.71. The highest BCUT2D eigenvalue weighted by atomic mass is 16.5. The average molecular weight is 271 g/mol. The SMILES string of the molecule is COc1cccc(C(N)Cc2cc(C)ccc2OC)c1. The molecule has 0 amide bonds. The molecule has 0 aliphatic carbocycles. The van der Waals surface area contributed by atoms with E-state index >= 15 is 0 Å². The molecular formula is C17H21NO2. The van der Waals surface area contributed by atoms with E-state index in [1.807, 2.05) is 36.4 Å². The summed E-state index contributed by atoms with van der Waals surface area (Å²) in [6.07, 6.45) is 0.734. The van der Waals surface area contributed by atoms with Crippen LogP contribution in [0.5, 0.6) is 11.5 Å². The maximum absolute atomic E-state index is 6.31. The number of methoxy groups -OCH3 is 2. The Morgan fingerprint density at radius 2 is 1.85 bits per heavy atom. The van der Waals surface area contributed by atoms with E-state index in [2.05, 4.69) is 13.0 Å². The molecule has 1 unspecified atom stereocenters. The summed E-state index contributed by atoms with van der Waals surface area (Å²) in [6.45, 7) is 2.07. The van der Waals surface area contributed by atoms with Crippen molar-refractivity contribution in [3.05, 3.63) is 59.2 Å². The molecule has 0 saturated heterocycles. The van der Waals surface area contributed by atoms with Crippen molar-refractivity contribution in [3.63, 3.8) is 0 Å². The monoisotopic (exact) mass is 271 g/mol. The number of aryl methyl sites for hydroxylation is 1. The summed E-state index contributed by atoms with van der Waals surface area (Å²) in [5, 5.41) is 0. The second-order valence-corrected chi connectivity index (χ2v) is 4.90. The minimum Gasteiger partial charge on any atom is -0.497 e. The number of rotatable bonds is 5. The predicted octanol–water partition coefficient (Wildman–Crippen LogP) is 3.25. The summed E-state index contributed by atoms with van der Waals surface area (Å²) in [5.74, 6) is 1.71. The van der Waals surface area contributed by atoms with Gasteiger partial charge in [-0.15, -0.1) is 0 Å². The van der Waals surface area contributed by atoms with Crippen molar-refractivity contribution < 1.29 is 9.47 Å². The van der Waals surface area contributed by atoms with Gasteiger partial charge in [-0.05, 0) is 42.7 Å². The lowest BCUT2D eigenvalue weighted by Crippen LogP contribution is -2.14. The second-order valence-electron chi connectivity index (χ2n) is 4.90. The van der Waals surface area contributed by atoms with Gasteiger partial charge in [-0.3, -0.25) is 0 Å². The number of benzene rings is 2. The van der Waals surface area contributed by atoms with Gasteiger partial charge in [0.05, 0.1) is 14.2 Å². The molecule has 106 valence electrons. The third-order valence-electron chi connectivity index (χ3n) is 3.40. The number of hydrogen-bond acceptors (Lipinski definition) is 3. The van der Waals surface area contributed by atoms with Crippen molar-refractivity contribution in [1.29, 1.82) is 0 Å². The van der Waals surface area contributed by atoms with Gasteiger partial charge in [-0.1, -0.05) is 29.8 Å². The van der Waals surface area contributed by atoms with Crippen molar-refractivity contribution in [1.82, 2.24) is 0 Å². The van der Waals surface area contributed by atoms with E-state index in [0.29, 0.717) is 0 Å². The smallest absolute Gasteiger partial charge is 0.122 e. The van der Waals surface area contributed by atoms with Crippen LogP contribution in [0.15, 0.2) is 42.5 Å². The largest absolute Gasteiger partial charge is 0.497 e. The fraction of sp³-hybridized carbons (Fsp3) is 0.294. The van der Waals surface area contributed by atoms with Crippen molar-refractivity contribution in [2.45, 2.75) is 19.4 Å². The first-order valence-electron chi connectivity index (χ1n) is 6.67. The summed E-state index contributed by atoms with van der Waals surface area (Å²) >= 11 is 0. The van der Waals surface area contributed by atoms with Crippen molar-refractivity contribution in [3.8, 4) is 11.5 Å². The zero-order chi connectivity index (χ0) is 14.5.